The fourth-order valence-corrected chi connectivity index (χ4v) is 3.84. The van der Waals surface area contributed by atoms with E-state index in [1.807, 2.05) is 38.2 Å². The van der Waals surface area contributed by atoms with Gasteiger partial charge in [-0.3, -0.25) is 4.79 Å². The number of methoxy groups -OCH3 is 1. The van der Waals surface area contributed by atoms with Crippen LogP contribution in [0, 0.1) is 0 Å². The van der Waals surface area contributed by atoms with Gasteiger partial charge in [0.25, 0.3) is 0 Å². The van der Waals surface area contributed by atoms with Gasteiger partial charge in [0.15, 0.2) is 11.5 Å². The zero-order valence-corrected chi connectivity index (χ0v) is 20.2. The van der Waals surface area contributed by atoms with Crippen molar-refractivity contribution in [2.45, 2.75) is 26.7 Å². The third-order valence-corrected chi connectivity index (χ3v) is 5.41. The van der Waals surface area contributed by atoms with Crippen LogP contribution in [0.4, 0.5) is 0 Å². The van der Waals surface area contributed by atoms with Gasteiger partial charge in [-0.05, 0) is 38.0 Å². The number of halogens is 1. The average molecular weight is 486 g/mol. The summed E-state index contributed by atoms with van der Waals surface area (Å²) >= 11 is 6.43. The minimum absolute atomic E-state index is 0.116. The predicted octanol–water partition coefficient (Wildman–Crippen LogP) is 5.03. The molecule has 8 nitrogen and oxygen atoms in total. The summed E-state index contributed by atoms with van der Waals surface area (Å²) in [6, 6.07) is 9.12. The number of aliphatic imine (C=N–C) groups is 1. The number of esters is 1. The largest absolute Gasteiger partial charge is 0.490 e. The minimum atomic E-state index is -0.260. The molecule has 180 valence electrons. The molecule has 0 aliphatic rings. The molecule has 0 bridgehead atoms. The van der Waals surface area contributed by atoms with Gasteiger partial charge in [-0.1, -0.05) is 36.4 Å². The lowest BCUT2D eigenvalue weighted by Gasteiger charge is -2.15. The Hall–Kier alpha value is -3.49. The van der Waals surface area contributed by atoms with Gasteiger partial charge in [-0.15, -0.1) is 0 Å². The van der Waals surface area contributed by atoms with Crippen LogP contribution in [-0.2, 0) is 20.8 Å². The van der Waals surface area contributed by atoms with Crippen molar-refractivity contribution in [3.8, 4) is 11.5 Å². The quantitative estimate of drug-likeness (QED) is 0.180. The van der Waals surface area contributed by atoms with Crippen molar-refractivity contribution in [1.82, 2.24) is 4.98 Å². The molecule has 3 rings (SSSR count). The maximum Gasteiger partial charge on any atom is 0.305 e. The molecule has 9 heteroatoms. The highest BCUT2D eigenvalue weighted by Gasteiger charge is 2.17. The third-order valence-electron chi connectivity index (χ3n) is 5.13. The molecule has 3 aromatic rings. The highest BCUT2D eigenvalue weighted by Crippen LogP contribution is 2.37. The minimum Gasteiger partial charge on any atom is -0.490 e. The number of nitrogens with one attached hydrogen (secondary N) is 1. The molecule has 1 aromatic heterocycles. The number of carbonyl (C=O) groups is 1. The molecule has 2 aromatic carbocycles. The Kier molecular flexibility index (Phi) is 8.56. The first-order valence-corrected chi connectivity index (χ1v) is 11.2. The number of aromatic nitrogens is 1. The van der Waals surface area contributed by atoms with Crippen molar-refractivity contribution in [3.05, 3.63) is 64.8 Å². The van der Waals surface area contributed by atoms with Gasteiger partial charge in [0, 0.05) is 29.1 Å². The Morgan fingerprint density at radius 1 is 1.21 bits per heavy atom. The molecule has 0 saturated carbocycles. The molecule has 0 radical (unpaired) electrons. The molecular weight excluding hydrogens is 458 g/mol. The zero-order chi connectivity index (χ0) is 24.7. The molecule has 0 spiro atoms. The first kappa shape index (κ1) is 25.1. The normalized spacial score (nSPS) is 11.4. The lowest BCUT2D eigenvalue weighted by Crippen LogP contribution is -2.13. The second kappa shape index (κ2) is 11.6. The number of rotatable bonds is 10. The lowest BCUT2D eigenvalue weighted by atomic mass is 10.0. The summed E-state index contributed by atoms with van der Waals surface area (Å²) in [5, 5.41) is 1.32. The molecule has 3 N–H and O–H groups in total. The van der Waals surface area contributed by atoms with Crippen LogP contribution in [-0.4, -0.2) is 37.2 Å². The summed E-state index contributed by atoms with van der Waals surface area (Å²) in [6.07, 6.45) is 2.71. The number of H-pyrrole nitrogens is 1. The van der Waals surface area contributed by atoms with E-state index < -0.39 is 0 Å². The fraction of sp³-hybridized carbons (Fsp3) is 0.280. The van der Waals surface area contributed by atoms with Gasteiger partial charge in [0.05, 0.1) is 36.6 Å². The van der Waals surface area contributed by atoms with E-state index in [0.29, 0.717) is 53.8 Å². The first-order chi connectivity index (χ1) is 16.4. The van der Waals surface area contributed by atoms with Crippen molar-refractivity contribution in [2.24, 2.45) is 10.9 Å². The maximum absolute atomic E-state index is 11.5. The van der Waals surface area contributed by atoms with Gasteiger partial charge in [-0.2, -0.15) is 5.90 Å². The van der Waals surface area contributed by atoms with Crippen LogP contribution in [0.2, 0.25) is 5.02 Å². The Labute approximate surface area is 203 Å². The van der Waals surface area contributed by atoms with Crippen LogP contribution >= 0.6 is 11.6 Å². The van der Waals surface area contributed by atoms with Crippen LogP contribution < -0.4 is 15.4 Å². The van der Waals surface area contributed by atoms with E-state index in [-0.39, 0.29) is 11.9 Å². The van der Waals surface area contributed by atoms with E-state index >= 15 is 0 Å². The molecule has 0 aliphatic carbocycles. The van der Waals surface area contributed by atoms with Crippen LogP contribution in [0.1, 0.15) is 37.0 Å². The van der Waals surface area contributed by atoms with E-state index in [1.165, 1.54) is 7.11 Å². The third kappa shape index (κ3) is 5.52. The fourth-order valence-electron chi connectivity index (χ4n) is 3.58. The number of ether oxygens (including phenoxy) is 3. The summed E-state index contributed by atoms with van der Waals surface area (Å²) in [6.45, 7) is 8.70. The van der Waals surface area contributed by atoms with Gasteiger partial charge >= 0.3 is 5.97 Å². The van der Waals surface area contributed by atoms with Crippen LogP contribution in [0.25, 0.3) is 16.6 Å². The van der Waals surface area contributed by atoms with E-state index in [4.69, 9.17) is 36.5 Å². The average Bonchev–Trinajstić information content (AvgIpc) is 3.26. The van der Waals surface area contributed by atoms with E-state index in [1.54, 1.807) is 12.1 Å². The van der Waals surface area contributed by atoms with Crippen molar-refractivity contribution >= 4 is 40.1 Å². The first-order valence-electron chi connectivity index (χ1n) is 10.8. The molecule has 0 atom stereocenters. The van der Waals surface area contributed by atoms with E-state index in [0.717, 1.165) is 22.0 Å². The summed E-state index contributed by atoms with van der Waals surface area (Å²) in [5.41, 5.74) is 3.54. The maximum atomic E-state index is 11.5. The number of aryl methyl sites for hydroxylation is 1. The summed E-state index contributed by atoms with van der Waals surface area (Å²) in [7, 11) is 1.38. The monoisotopic (exact) mass is 485 g/mol. The number of hydrogen-bond acceptors (Lipinski definition) is 7. The molecule has 1 heterocycles. The number of aromatic amines is 1. The van der Waals surface area contributed by atoms with Gasteiger partial charge in [0.2, 0.25) is 5.90 Å². The second-order valence-electron chi connectivity index (χ2n) is 7.25. The van der Waals surface area contributed by atoms with E-state index in [9.17, 15) is 4.79 Å². The molecular formula is C25H28ClN3O5. The highest BCUT2D eigenvalue weighted by molar-refractivity contribution is 6.32. The highest BCUT2D eigenvalue weighted by atomic mass is 35.5. The molecule has 0 amide bonds. The summed E-state index contributed by atoms with van der Waals surface area (Å²) < 4.78 is 16.0. The summed E-state index contributed by atoms with van der Waals surface area (Å²) in [5.74, 6) is 6.32. The predicted molar refractivity (Wildman–Crippen MR) is 133 cm³/mol. The van der Waals surface area contributed by atoms with Crippen molar-refractivity contribution in [3.63, 3.8) is 0 Å². The number of fused-ring (bicyclic) bond motifs is 1. The van der Waals surface area contributed by atoms with Gasteiger partial charge in [-0.25, -0.2) is 4.99 Å². The topological polar surface area (TPSA) is 108 Å². The Bertz CT molecular complexity index is 1220. The number of nitrogens with zero attached hydrogens (tertiary/aromatic N) is 1. The Balaban J connectivity index is 1.96. The lowest BCUT2D eigenvalue weighted by molar-refractivity contribution is -0.140. The molecule has 0 unspecified atom stereocenters. The number of nitrogens with two attached hydrogens (primary N) is 1. The van der Waals surface area contributed by atoms with Crippen LogP contribution in [0.5, 0.6) is 11.5 Å². The Morgan fingerprint density at radius 3 is 2.65 bits per heavy atom. The van der Waals surface area contributed by atoms with Crippen molar-refractivity contribution in [2.75, 3.05) is 20.3 Å². The second-order valence-corrected chi connectivity index (χ2v) is 7.66. The van der Waals surface area contributed by atoms with Crippen LogP contribution in [0.15, 0.2) is 48.1 Å². The smallest absolute Gasteiger partial charge is 0.305 e. The van der Waals surface area contributed by atoms with Gasteiger partial charge < -0.3 is 24.0 Å². The standard InChI is InChI=1S/C25H28ClN3O5/c1-5-32-21-13-17(12-20(26)24(21)33-6-2)25(34-27)29-15(3)18-8-7-9-19-16(14-28-23(18)19)10-11-22(30)31-4/h7-9,12-14,28H,3,5-6,10-11,27H2,1-2,4H3. The summed E-state index contributed by atoms with van der Waals surface area (Å²) in [4.78, 5) is 24.4. The Morgan fingerprint density at radius 2 is 1.97 bits per heavy atom. The van der Waals surface area contributed by atoms with Crippen LogP contribution in [0.3, 0.4) is 0 Å². The number of para-hydroxylation sites is 1. The van der Waals surface area contributed by atoms with Gasteiger partial charge in [0.1, 0.15) is 0 Å². The zero-order valence-electron chi connectivity index (χ0n) is 19.4. The number of hydrogen-bond donors (Lipinski definition) is 2. The molecule has 0 fully saturated rings. The molecule has 0 saturated heterocycles. The van der Waals surface area contributed by atoms with E-state index in [2.05, 4.69) is 16.6 Å². The number of carbonyl (C=O) groups excluding carboxylic acids is 1. The van der Waals surface area contributed by atoms with Crippen molar-refractivity contribution < 1.29 is 23.8 Å². The molecule has 34 heavy (non-hydrogen) atoms. The number of benzene rings is 2. The van der Waals surface area contributed by atoms with Crippen molar-refractivity contribution in [1.29, 1.82) is 0 Å². The molecule has 0 aliphatic heterocycles. The SMILES string of the molecule is C=C(N=C(ON)c1cc(Cl)c(OCC)c(OCC)c1)c1cccc2c(CCC(=O)OC)c[nH]c12.